The Labute approximate surface area is 128 Å². The van der Waals surface area contributed by atoms with E-state index in [2.05, 4.69) is 17.3 Å². The van der Waals surface area contributed by atoms with Crippen molar-refractivity contribution in [1.29, 1.82) is 0 Å². The first-order chi connectivity index (χ1) is 10.3. The van der Waals surface area contributed by atoms with Crippen LogP contribution in [0.2, 0.25) is 0 Å². The van der Waals surface area contributed by atoms with Gasteiger partial charge in [0, 0.05) is 6.54 Å². The molecule has 1 aliphatic rings. The van der Waals surface area contributed by atoms with E-state index in [1.165, 1.54) is 4.70 Å². The van der Waals surface area contributed by atoms with E-state index in [1.54, 1.807) is 11.3 Å². The van der Waals surface area contributed by atoms with Crippen LogP contribution in [0, 0.1) is 12.3 Å². The normalized spacial score (nSPS) is 18.4. The van der Waals surface area contributed by atoms with Gasteiger partial charge in [-0.05, 0) is 31.4 Å². The first-order valence-corrected chi connectivity index (χ1v) is 7.94. The molecule has 0 aliphatic carbocycles. The number of para-hydroxylation sites is 1. The monoisotopic (exact) mass is 299 g/mol. The maximum absolute atomic E-state index is 12.3. The summed E-state index contributed by atoms with van der Waals surface area (Å²) >= 11 is 1.68. The van der Waals surface area contributed by atoms with Crippen LogP contribution in [0.5, 0.6) is 0 Å². The standard InChI is InChI=1S/C16H17N3OS/c1-2-10-17-16(20)19-11-6-5-8-13(19)15-18-12-7-3-4-9-14(12)21-15/h1,3-4,7,9,13H,5-6,8,10-11H2,(H,17,20). The van der Waals surface area contributed by atoms with Gasteiger partial charge in [-0.1, -0.05) is 18.1 Å². The highest BCUT2D eigenvalue weighted by atomic mass is 32.1. The zero-order valence-corrected chi connectivity index (χ0v) is 12.5. The van der Waals surface area contributed by atoms with Crippen molar-refractivity contribution in [1.82, 2.24) is 15.2 Å². The molecule has 1 saturated heterocycles. The highest BCUT2D eigenvalue weighted by Gasteiger charge is 2.30. The third-order valence-corrected chi connectivity index (χ3v) is 4.84. The smallest absolute Gasteiger partial charge is 0.318 e. The third kappa shape index (κ3) is 2.86. The molecular weight excluding hydrogens is 282 g/mol. The zero-order chi connectivity index (χ0) is 14.7. The van der Waals surface area contributed by atoms with E-state index >= 15 is 0 Å². The molecule has 0 spiro atoms. The summed E-state index contributed by atoms with van der Waals surface area (Å²) in [6, 6.07) is 8.07. The molecule has 0 radical (unpaired) electrons. The van der Waals surface area contributed by atoms with Gasteiger partial charge in [0.05, 0.1) is 22.8 Å². The van der Waals surface area contributed by atoms with Crippen molar-refractivity contribution in [2.24, 2.45) is 0 Å². The summed E-state index contributed by atoms with van der Waals surface area (Å²) in [5, 5.41) is 3.78. The van der Waals surface area contributed by atoms with Crippen molar-refractivity contribution in [2.75, 3.05) is 13.1 Å². The molecule has 3 rings (SSSR count). The van der Waals surface area contributed by atoms with Crippen LogP contribution in [0.3, 0.4) is 0 Å². The Hall–Kier alpha value is -2.06. The highest BCUT2D eigenvalue weighted by Crippen LogP contribution is 2.35. The highest BCUT2D eigenvalue weighted by molar-refractivity contribution is 7.18. The average Bonchev–Trinajstić information content (AvgIpc) is 2.96. The number of carbonyl (C=O) groups is 1. The van der Waals surface area contributed by atoms with Gasteiger partial charge in [0.25, 0.3) is 0 Å². The van der Waals surface area contributed by atoms with Crippen molar-refractivity contribution in [3.8, 4) is 12.3 Å². The number of thiazole rings is 1. The fourth-order valence-electron chi connectivity index (χ4n) is 2.69. The molecule has 108 valence electrons. The lowest BCUT2D eigenvalue weighted by Crippen LogP contribution is -2.44. The van der Waals surface area contributed by atoms with Gasteiger partial charge in [-0.25, -0.2) is 9.78 Å². The van der Waals surface area contributed by atoms with E-state index in [-0.39, 0.29) is 18.6 Å². The van der Waals surface area contributed by atoms with Gasteiger partial charge in [-0.2, -0.15) is 0 Å². The van der Waals surface area contributed by atoms with Crippen LogP contribution in [-0.4, -0.2) is 29.0 Å². The molecule has 1 N–H and O–H groups in total. The number of nitrogens with zero attached hydrogens (tertiary/aromatic N) is 2. The van der Waals surface area contributed by atoms with Gasteiger partial charge in [0.1, 0.15) is 5.01 Å². The lowest BCUT2D eigenvalue weighted by atomic mass is 10.0. The molecule has 1 aliphatic heterocycles. The minimum atomic E-state index is -0.0862. The van der Waals surface area contributed by atoms with E-state index < -0.39 is 0 Å². The number of hydrogen-bond acceptors (Lipinski definition) is 3. The Kier molecular flexibility index (Phi) is 4.07. The van der Waals surface area contributed by atoms with E-state index in [0.717, 1.165) is 36.3 Å². The van der Waals surface area contributed by atoms with Gasteiger partial charge >= 0.3 is 6.03 Å². The van der Waals surface area contributed by atoms with Crippen LogP contribution in [0.1, 0.15) is 30.3 Å². The number of rotatable bonds is 2. The van der Waals surface area contributed by atoms with Crippen LogP contribution in [-0.2, 0) is 0 Å². The van der Waals surface area contributed by atoms with Crippen molar-refractivity contribution >= 4 is 27.6 Å². The van der Waals surface area contributed by atoms with Crippen molar-refractivity contribution in [2.45, 2.75) is 25.3 Å². The molecule has 1 aromatic carbocycles. The van der Waals surface area contributed by atoms with Crippen molar-refractivity contribution < 1.29 is 4.79 Å². The Morgan fingerprint density at radius 1 is 1.48 bits per heavy atom. The molecule has 4 nitrogen and oxygen atoms in total. The number of amides is 2. The van der Waals surface area contributed by atoms with Crippen LogP contribution >= 0.6 is 11.3 Å². The van der Waals surface area contributed by atoms with Crippen LogP contribution < -0.4 is 5.32 Å². The number of carbonyl (C=O) groups excluding carboxylic acids is 1. The Bertz CT molecular complexity index is 655. The van der Waals surface area contributed by atoms with Crippen molar-refractivity contribution in [3.63, 3.8) is 0 Å². The molecule has 2 amide bonds. The Balaban J connectivity index is 1.86. The first-order valence-electron chi connectivity index (χ1n) is 7.13. The lowest BCUT2D eigenvalue weighted by Gasteiger charge is -2.34. The zero-order valence-electron chi connectivity index (χ0n) is 11.7. The van der Waals surface area contributed by atoms with Crippen molar-refractivity contribution in [3.05, 3.63) is 29.3 Å². The average molecular weight is 299 g/mol. The molecular formula is C16H17N3OS. The summed E-state index contributed by atoms with van der Waals surface area (Å²) in [5.41, 5.74) is 1.01. The maximum Gasteiger partial charge on any atom is 0.318 e. The number of terminal acetylenes is 1. The van der Waals surface area contributed by atoms with E-state index in [0.29, 0.717) is 0 Å². The summed E-state index contributed by atoms with van der Waals surface area (Å²) in [6.07, 6.45) is 8.33. The number of nitrogens with one attached hydrogen (secondary N) is 1. The topological polar surface area (TPSA) is 45.2 Å². The molecule has 0 bridgehead atoms. The predicted octanol–water partition coefficient (Wildman–Crippen LogP) is 3.17. The quantitative estimate of drug-likeness (QED) is 0.866. The lowest BCUT2D eigenvalue weighted by molar-refractivity contribution is 0.152. The third-order valence-electron chi connectivity index (χ3n) is 3.70. The minimum Gasteiger partial charge on any atom is -0.327 e. The molecule has 2 heterocycles. The number of aromatic nitrogens is 1. The number of likely N-dealkylation sites (tertiary alicyclic amines) is 1. The minimum absolute atomic E-state index is 0.0638. The van der Waals surface area contributed by atoms with E-state index in [9.17, 15) is 4.79 Å². The largest absolute Gasteiger partial charge is 0.327 e. The summed E-state index contributed by atoms with van der Waals surface area (Å²) in [6.45, 7) is 1.03. The fourth-order valence-corrected chi connectivity index (χ4v) is 3.81. The number of piperidine rings is 1. The van der Waals surface area contributed by atoms with E-state index in [4.69, 9.17) is 11.4 Å². The summed E-state index contributed by atoms with van der Waals surface area (Å²) in [4.78, 5) is 18.8. The predicted molar refractivity (Wildman–Crippen MR) is 85.1 cm³/mol. The number of fused-ring (bicyclic) bond motifs is 1. The van der Waals surface area contributed by atoms with Gasteiger partial charge in [0.2, 0.25) is 0 Å². The second-order valence-electron chi connectivity index (χ2n) is 5.09. The molecule has 1 atom stereocenters. The van der Waals surface area contributed by atoms with Crippen LogP contribution in [0.25, 0.3) is 10.2 Å². The second-order valence-corrected chi connectivity index (χ2v) is 6.15. The molecule has 1 fully saturated rings. The summed E-state index contributed by atoms with van der Waals surface area (Å²) < 4.78 is 1.17. The van der Waals surface area contributed by atoms with Gasteiger partial charge in [0.15, 0.2) is 0 Å². The SMILES string of the molecule is C#CCNC(=O)N1CCCCC1c1nc2ccccc2s1. The maximum atomic E-state index is 12.3. The van der Waals surface area contributed by atoms with Crippen LogP contribution in [0.4, 0.5) is 4.79 Å². The Morgan fingerprint density at radius 3 is 3.14 bits per heavy atom. The van der Waals surface area contributed by atoms with Crippen LogP contribution in [0.15, 0.2) is 24.3 Å². The molecule has 5 heteroatoms. The molecule has 0 saturated carbocycles. The summed E-state index contributed by atoms with van der Waals surface area (Å²) in [5.74, 6) is 2.44. The number of benzene rings is 1. The first kappa shape index (κ1) is 13.9. The summed E-state index contributed by atoms with van der Waals surface area (Å²) in [7, 11) is 0. The molecule has 21 heavy (non-hydrogen) atoms. The Morgan fingerprint density at radius 2 is 2.33 bits per heavy atom. The number of hydrogen-bond donors (Lipinski definition) is 1. The second kappa shape index (κ2) is 6.15. The molecule has 1 aromatic heterocycles. The molecule has 1 unspecified atom stereocenters. The fraction of sp³-hybridized carbons (Fsp3) is 0.375. The van der Waals surface area contributed by atoms with E-state index in [1.807, 2.05) is 23.1 Å². The van der Waals surface area contributed by atoms with Gasteiger partial charge in [-0.3, -0.25) is 0 Å². The molecule has 2 aromatic rings. The van der Waals surface area contributed by atoms with Gasteiger partial charge in [-0.15, -0.1) is 17.8 Å². The number of urea groups is 1. The van der Waals surface area contributed by atoms with Gasteiger partial charge < -0.3 is 10.2 Å².